The molecule has 0 N–H and O–H groups in total. The standard InChI is InChI=1S/C22H23ClF2N2O3/c1-29-20-14-16(5-7-19(20)30-22(24)25)6-8-21(28)27-11-9-26(10-12-27)15-17-3-2-4-18(23)13-17/h2-8,13-14,22H,9-12,15H2,1H3/b8-6+. The molecule has 160 valence electrons. The second kappa shape index (κ2) is 10.4. The molecule has 0 aromatic heterocycles. The second-order valence-corrected chi connectivity index (χ2v) is 7.29. The van der Waals surface area contributed by atoms with Crippen LogP contribution in [-0.2, 0) is 11.3 Å². The molecule has 1 aliphatic rings. The number of rotatable bonds is 7. The van der Waals surface area contributed by atoms with Gasteiger partial charge in [0.2, 0.25) is 5.91 Å². The van der Waals surface area contributed by atoms with Gasteiger partial charge in [-0.25, -0.2) is 0 Å². The number of ether oxygens (including phenoxy) is 2. The third-order valence-corrected chi connectivity index (χ3v) is 5.04. The highest BCUT2D eigenvalue weighted by Crippen LogP contribution is 2.29. The van der Waals surface area contributed by atoms with Crippen LogP contribution in [0.4, 0.5) is 8.78 Å². The first-order chi connectivity index (χ1) is 14.4. The van der Waals surface area contributed by atoms with Gasteiger partial charge in [-0.1, -0.05) is 29.8 Å². The highest BCUT2D eigenvalue weighted by molar-refractivity contribution is 6.30. The van der Waals surface area contributed by atoms with Crippen LogP contribution >= 0.6 is 11.6 Å². The highest BCUT2D eigenvalue weighted by atomic mass is 35.5. The minimum absolute atomic E-state index is 0.0493. The van der Waals surface area contributed by atoms with E-state index in [9.17, 15) is 13.6 Å². The van der Waals surface area contributed by atoms with Gasteiger partial charge in [0.15, 0.2) is 11.5 Å². The Balaban J connectivity index is 1.53. The molecule has 0 unspecified atom stereocenters. The van der Waals surface area contributed by atoms with Gasteiger partial charge in [-0.3, -0.25) is 9.69 Å². The number of nitrogens with zero attached hydrogens (tertiary/aromatic N) is 2. The van der Waals surface area contributed by atoms with Crippen LogP contribution in [0.3, 0.4) is 0 Å². The molecule has 0 spiro atoms. The number of amides is 1. The molecule has 1 amide bonds. The van der Waals surface area contributed by atoms with Crippen molar-refractivity contribution in [3.8, 4) is 11.5 Å². The molecule has 1 aliphatic heterocycles. The SMILES string of the molecule is COc1cc(/C=C/C(=O)N2CCN(Cc3cccc(Cl)c3)CC2)ccc1OC(F)F. The van der Waals surface area contributed by atoms with E-state index in [1.807, 2.05) is 24.3 Å². The molecule has 3 rings (SSSR count). The molecule has 0 bridgehead atoms. The fourth-order valence-corrected chi connectivity index (χ4v) is 3.49. The van der Waals surface area contributed by atoms with Crippen molar-refractivity contribution in [2.45, 2.75) is 13.2 Å². The summed E-state index contributed by atoms with van der Waals surface area (Å²) >= 11 is 6.04. The van der Waals surface area contributed by atoms with Gasteiger partial charge in [-0.2, -0.15) is 8.78 Å². The summed E-state index contributed by atoms with van der Waals surface area (Å²) in [6.45, 7) is 0.687. The van der Waals surface area contributed by atoms with Crippen molar-refractivity contribution in [1.82, 2.24) is 9.80 Å². The number of halogens is 3. The molecule has 1 heterocycles. The van der Waals surface area contributed by atoms with E-state index in [1.165, 1.54) is 19.3 Å². The van der Waals surface area contributed by atoms with Crippen LogP contribution < -0.4 is 9.47 Å². The second-order valence-electron chi connectivity index (χ2n) is 6.85. The normalized spacial score (nSPS) is 15.0. The van der Waals surface area contributed by atoms with E-state index in [1.54, 1.807) is 23.1 Å². The van der Waals surface area contributed by atoms with Gasteiger partial charge in [0.05, 0.1) is 7.11 Å². The third kappa shape index (κ3) is 6.18. The van der Waals surface area contributed by atoms with Crippen molar-refractivity contribution in [2.75, 3.05) is 33.3 Å². The lowest BCUT2D eigenvalue weighted by molar-refractivity contribution is -0.127. The summed E-state index contributed by atoms with van der Waals surface area (Å²) in [4.78, 5) is 16.6. The van der Waals surface area contributed by atoms with E-state index in [2.05, 4.69) is 9.64 Å². The molecule has 0 aliphatic carbocycles. The minimum Gasteiger partial charge on any atom is -0.493 e. The lowest BCUT2D eigenvalue weighted by Crippen LogP contribution is -2.47. The summed E-state index contributed by atoms with van der Waals surface area (Å²) in [6.07, 6.45) is 3.12. The first-order valence-electron chi connectivity index (χ1n) is 9.51. The van der Waals surface area contributed by atoms with Crippen molar-refractivity contribution < 1.29 is 23.0 Å². The molecule has 2 aromatic rings. The Hall–Kier alpha value is -2.64. The van der Waals surface area contributed by atoms with Crippen molar-refractivity contribution >= 4 is 23.6 Å². The lowest BCUT2D eigenvalue weighted by atomic mass is 10.1. The Morgan fingerprint density at radius 3 is 2.57 bits per heavy atom. The van der Waals surface area contributed by atoms with Crippen LogP contribution in [0.5, 0.6) is 11.5 Å². The van der Waals surface area contributed by atoms with E-state index in [0.29, 0.717) is 18.7 Å². The number of carbonyl (C=O) groups excluding carboxylic acids is 1. The van der Waals surface area contributed by atoms with Crippen molar-refractivity contribution in [3.05, 3.63) is 64.7 Å². The van der Waals surface area contributed by atoms with E-state index in [-0.39, 0.29) is 17.4 Å². The van der Waals surface area contributed by atoms with Gasteiger partial charge in [0, 0.05) is 43.8 Å². The summed E-state index contributed by atoms with van der Waals surface area (Å²) in [5.41, 5.74) is 1.80. The summed E-state index contributed by atoms with van der Waals surface area (Å²) in [6, 6.07) is 12.3. The summed E-state index contributed by atoms with van der Waals surface area (Å²) < 4.78 is 34.3. The minimum atomic E-state index is -2.93. The van der Waals surface area contributed by atoms with Crippen LogP contribution in [0.2, 0.25) is 5.02 Å². The Bertz CT molecular complexity index is 900. The fraction of sp³-hybridized carbons (Fsp3) is 0.318. The topological polar surface area (TPSA) is 42.0 Å². The average molecular weight is 437 g/mol. The van der Waals surface area contributed by atoms with Gasteiger partial charge in [-0.15, -0.1) is 0 Å². The summed E-state index contributed by atoms with van der Waals surface area (Å²) in [5.74, 6) is 0.0376. The van der Waals surface area contributed by atoms with Crippen molar-refractivity contribution in [1.29, 1.82) is 0 Å². The Morgan fingerprint density at radius 1 is 1.13 bits per heavy atom. The molecular weight excluding hydrogens is 414 g/mol. The molecule has 0 radical (unpaired) electrons. The Morgan fingerprint density at radius 2 is 1.90 bits per heavy atom. The van der Waals surface area contributed by atoms with Crippen LogP contribution in [0.15, 0.2) is 48.5 Å². The summed E-state index contributed by atoms with van der Waals surface area (Å²) in [5, 5.41) is 0.719. The van der Waals surface area contributed by atoms with Gasteiger partial charge >= 0.3 is 6.61 Å². The third-order valence-electron chi connectivity index (χ3n) is 4.80. The average Bonchev–Trinajstić information content (AvgIpc) is 2.73. The highest BCUT2D eigenvalue weighted by Gasteiger charge is 2.19. The predicted molar refractivity (Wildman–Crippen MR) is 112 cm³/mol. The monoisotopic (exact) mass is 436 g/mol. The smallest absolute Gasteiger partial charge is 0.387 e. The molecule has 30 heavy (non-hydrogen) atoms. The van der Waals surface area contributed by atoms with E-state index in [4.69, 9.17) is 16.3 Å². The molecule has 2 aromatic carbocycles. The zero-order valence-corrected chi connectivity index (χ0v) is 17.3. The van der Waals surface area contributed by atoms with Crippen LogP contribution in [0.25, 0.3) is 6.08 Å². The molecule has 5 nitrogen and oxygen atoms in total. The largest absolute Gasteiger partial charge is 0.493 e. The van der Waals surface area contributed by atoms with Gasteiger partial charge in [0.25, 0.3) is 0 Å². The van der Waals surface area contributed by atoms with Crippen molar-refractivity contribution in [2.24, 2.45) is 0 Å². The number of benzene rings is 2. The van der Waals surface area contributed by atoms with Crippen molar-refractivity contribution in [3.63, 3.8) is 0 Å². The molecular formula is C22H23ClF2N2O3. The molecule has 1 saturated heterocycles. The van der Waals surface area contributed by atoms with Crippen LogP contribution in [0, 0.1) is 0 Å². The number of methoxy groups -OCH3 is 1. The van der Waals surface area contributed by atoms with Crippen LogP contribution in [-0.4, -0.2) is 55.6 Å². The number of hydrogen-bond donors (Lipinski definition) is 0. The lowest BCUT2D eigenvalue weighted by Gasteiger charge is -2.34. The maximum Gasteiger partial charge on any atom is 0.387 e. The van der Waals surface area contributed by atoms with Gasteiger partial charge in [-0.05, 0) is 41.5 Å². The van der Waals surface area contributed by atoms with Gasteiger partial charge < -0.3 is 14.4 Å². The maximum atomic E-state index is 12.5. The molecule has 0 saturated carbocycles. The number of carbonyl (C=O) groups is 1. The predicted octanol–water partition coefficient (Wildman–Crippen LogP) is 4.31. The number of alkyl halides is 2. The molecule has 0 atom stereocenters. The van der Waals surface area contributed by atoms with Gasteiger partial charge in [0.1, 0.15) is 0 Å². The fourth-order valence-electron chi connectivity index (χ4n) is 3.27. The molecule has 1 fully saturated rings. The zero-order valence-electron chi connectivity index (χ0n) is 16.6. The number of piperazine rings is 1. The Labute approximate surface area is 179 Å². The maximum absolute atomic E-state index is 12.5. The van der Waals surface area contributed by atoms with E-state index < -0.39 is 6.61 Å². The van der Waals surface area contributed by atoms with Crippen LogP contribution in [0.1, 0.15) is 11.1 Å². The van der Waals surface area contributed by atoms with E-state index in [0.717, 1.165) is 30.2 Å². The molecule has 8 heteroatoms. The Kier molecular flexibility index (Phi) is 7.65. The quantitative estimate of drug-likeness (QED) is 0.607. The van der Waals surface area contributed by atoms with E-state index >= 15 is 0 Å². The summed E-state index contributed by atoms with van der Waals surface area (Å²) in [7, 11) is 1.37. The first kappa shape index (κ1) is 22.1. The number of hydrogen-bond acceptors (Lipinski definition) is 4. The first-order valence-corrected chi connectivity index (χ1v) is 9.89. The zero-order chi connectivity index (χ0) is 21.5.